The number of anilines is 1. The number of fused-ring (bicyclic) bond motifs is 1. The number of methoxy groups -OCH3 is 1. The molecule has 0 aliphatic rings. The van der Waals surface area contributed by atoms with Gasteiger partial charge < -0.3 is 14.6 Å². The van der Waals surface area contributed by atoms with Gasteiger partial charge in [0.05, 0.1) is 24.1 Å². The maximum Gasteiger partial charge on any atom is 0.354 e. The Morgan fingerprint density at radius 1 is 1.26 bits per heavy atom. The minimum absolute atomic E-state index is 0.0349. The third kappa shape index (κ3) is 4.82. The Balaban J connectivity index is 1.56. The first-order chi connectivity index (χ1) is 16.4. The maximum absolute atomic E-state index is 13.2. The van der Waals surface area contributed by atoms with Crippen LogP contribution in [-0.2, 0) is 23.1 Å². The average Bonchev–Trinajstić information content (AvgIpc) is 3.43. The number of rotatable bonds is 8. The number of esters is 1. The molecule has 174 valence electrons. The number of hydrogen-bond acceptors (Lipinski definition) is 7. The van der Waals surface area contributed by atoms with Crippen LogP contribution in [0.15, 0.2) is 71.3 Å². The number of hydrogen-bond donors (Lipinski definition) is 1. The SMILES string of the molecule is C=CCn1c(SCC(=O)Nc2cc(C(=O)OC)n(C)c2)nc2cc(-c3ccccc3)sc2c1=O. The molecule has 4 aromatic rings. The van der Waals surface area contributed by atoms with Crippen molar-refractivity contribution in [1.82, 2.24) is 14.1 Å². The summed E-state index contributed by atoms with van der Waals surface area (Å²) in [5.74, 6) is -0.747. The van der Waals surface area contributed by atoms with E-state index in [4.69, 9.17) is 4.74 Å². The summed E-state index contributed by atoms with van der Waals surface area (Å²) in [7, 11) is 2.99. The summed E-state index contributed by atoms with van der Waals surface area (Å²) in [5.41, 5.74) is 2.26. The average molecular weight is 495 g/mol. The normalized spacial score (nSPS) is 10.9. The second-order valence-electron chi connectivity index (χ2n) is 7.34. The number of nitrogens with one attached hydrogen (secondary N) is 1. The molecule has 1 amide bonds. The number of nitrogens with zero attached hydrogens (tertiary/aromatic N) is 3. The molecule has 0 radical (unpaired) electrons. The van der Waals surface area contributed by atoms with E-state index in [9.17, 15) is 14.4 Å². The summed E-state index contributed by atoms with van der Waals surface area (Å²) in [5, 5.41) is 3.20. The predicted molar refractivity (Wildman–Crippen MR) is 136 cm³/mol. The van der Waals surface area contributed by atoms with Crippen LogP contribution in [-0.4, -0.2) is 38.9 Å². The van der Waals surface area contributed by atoms with Crippen molar-refractivity contribution in [1.29, 1.82) is 0 Å². The molecule has 1 N–H and O–H groups in total. The number of aromatic nitrogens is 3. The van der Waals surface area contributed by atoms with Crippen LogP contribution < -0.4 is 10.9 Å². The Bertz CT molecular complexity index is 1440. The van der Waals surface area contributed by atoms with Gasteiger partial charge in [0, 0.05) is 24.7 Å². The summed E-state index contributed by atoms with van der Waals surface area (Å²) < 4.78 is 8.39. The minimum atomic E-state index is -0.492. The third-order valence-corrected chi connectivity index (χ3v) is 7.12. The summed E-state index contributed by atoms with van der Waals surface area (Å²) in [6.07, 6.45) is 3.26. The summed E-state index contributed by atoms with van der Waals surface area (Å²) >= 11 is 2.57. The molecule has 34 heavy (non-hydrogen) atoms. The number of carbonyl (C=O) groups is 2. The molecule has 0 unspecified atom stereocenters. The van der Waals surface area contributed by atoms with E-state index in [1.165, 1.54) is 34.8 Å². The Morgan fingerprint density at radius 2 is 2.03 bits per heavy atom. The van der Waals surface area contributed by atoms with Crippen LogP contribution in [0.2, 0.25) is 0 Å². The van der Waals surface area contributed by atoms with Crippen LogP contribution in [0.25, 0.3) is 20.7 Å². The van der Waals surface area contributed by atoms with E-state index < -0.39 is 5.97 Å². The van der Waals surface area contributed by atoms with E-state index in [1.54, 1.807) is 30.0 Å². The smallest absolute Gasteiger partial charge is 0.354 e. The first-order valence-corrected chi connectivity index (χ1v) is 12.1. The van der Waals surface area contributed by atoms with Crippen LogP contribution in [0.3, 0.4) is 0 Å². The van der Waals surface area contributed by atoms with Gasteiger partial charge in [0.1, 0.15) is 10.4 Å². The second-order valence-corrected chi connectivity index (χ2v) is 9.34. The van der Waals surface area contributed by atoms with Gasteiger partial charge in [0.25, 0.3) is 5.56 Å². The van der Waals surface area contributed by atoms with Crippen molar-refractivity contribution in [3.05, 3.63) is 77.4 Å². The molecule has 0 saturated heterocycles. The number of thiophene rings is 1. The Hall–Kier alpha value is -3.63. The van der Waals surface area contributed by atoms with Gasteiger partial charge in [-0.25, -0.2) is 9.78 Å². The lowest BCUT2D eigenvalue weighted by atomic mass is 10.2. The van der Waals surface area contributed by atoms with E-state index in [2.05, 4.69) is 16.9 Å². The van der Waals surface area contributed by atoms with Crippen molar-refractivity contribution in [2.24, 2.45) is 7.05 Å². The molecule has 0 aliphatic carbocycles. The Kier molecular flexibility index (Phi) is 6.99. The van der Waals surface area contributed by atoms with E-state index in [0.29, 0.717) is 26.8 Å². The molecule has 0 aliphatic heterocycles. The molecule has 3 heterocycles. The standard InChI is InChI=1S/C24H22N4O4S2/c1-4-10-28-22(30)21-17(12-19(34-21)15-8-6-5-7-9-15)26-24(28)33-14-20(29)25-16-11-18(23(31)32-3)27(2)13-16/h4-9,11-13H,1,10,14H2,2-3H3,(H,25,29). The molecular weight excluding hydrogens is 472 g/mol. The van der Waals surface area contributed by atoms with Gasteiger partial charge in [-0.2, -0.15) is 0 Å². The van der Waals surface area contributed by atoms with Crippen molar-refractivity contribution in [3.63, 3.8) is 0 Å². The van der Waals surface area contributed by atoms with Crippen LogP contribution in [0.4, 0.5) is 5.69 Å². The minimum Gasteiger partial charge on any atom is -0.464 e. The van der Waals surface area contributed by atoms with Crippen molar-refractivity contribution >= 4 is 50.9 Å². The van der Waals surface area contributed by atoms with Crippen molar-refractivity contribution < 1.29 is 14.3 Å². The lowest BCUT2D eigenvalue weighted by Crippen LogP contribution is -2.23. The van der Waals surface area contributed by atoms with Gasteiger partial charge in [-0.15, -0.1) is 17.9 Å². The number of aryl methyl sites for hydroxylation is 1. The molecule has 0 saturated carbocycles. The zero-order chi connectivity index (χ0) is 24.2. The quantitative estimate of drug-likeness (QED) is 0.171. The molecule has 0 bridgehead atoms. The van der Waals surface area contributed by atoms with Crippen LogP contribution in [0.5, 0.6) is 0 Å². The summed E-state index contributed by atoms with van der Waals surface area (Å²) in [4.78, 5) is 43.1. The van der Waals surface area contributed by atoms with Crippen molar-refractivity contribution in [2.75, 3.05) is 18.2 Å². The molecule has 10 heteroatoms. The second kappa shape index (κ2) is 10.1. The highest BCUT2D eigenvalue weighted by Gasteiger charge is 2.17. The highest BCUT2D eigenvalue weighted by atomic mass is 32.2. The number of benzene rings is 1. The molecule has 8 nitrogen and oxygen atoms in total. The molecule has 3 aromatic heterocycles. The number of amides is 1. The first-order valence-electron chi connectivity index (χ1n) is 10.3. The molecule has 1 aromatic carbocycles. The Morgan fingerprint density at radius 3 is 2.74 bits per heavy atom. The topological polar surface area (TPSA) is 95.2 Å². The van der Waals surface area contributed by atoms with E-state index in [-0.39, 0.29) is 23.8 Å². The van der Waals surface area contributed by atoms with E-state index in [0.717, 1.165) is 10.4 Å². The Labute approximate surface area is 203 Å². The molecule has 0 atom stereocenters. The highest BCUT2D eigenvalue weighted by molar-refractivity contribution is 7.99. The predicted octanol–water partition coefficient (Wildman–Crippen LogP) is 4.17. The lowest BCUT2D eigenvalue weighted by Gasteiger charge is -2.09. The van der Waals surface area contributed by atoms with Gasteiger partial charge in [0.15, 0.2) is 5.16 Å². The number of carbonyl (C=O) groups excluding carboxylic acids is 2. The number of allylic oxidation sites excluding steroid dienone is 1. The van der Waals surface area contributed by atoms with Gasteiger partial charge in [-0.05, 0) is 17.7 Å². The highest BCUT2D eigenvalue weighted by Crippen LogP contribution is 2.32. The summed E-state index contributed by atoms with van der Waals surface area (Å²) in [6.45, 7) is 4.02. The lowest BCUT2D eigenvalue weighted by molar-refractivity contribution is -0.113. The monoisotopic (exact) mass is 494 g/mol. The van der Waals surface area contributed by atoms with Crippen LogP contribution >= 0.6 is 23.1 Å². The van der Waals surface area contributed by atoms with Gasteiger partial charge >= 0.3 is 5.97 Å². The molecule has 0 spiro atoms. The molecule has 4 rings (SSSR count). The zero-order valence-corrected chi connectivity index (χ0v) is 20.2. The molecule has 0 fully saturated rings. The van der Waals surface area contributed by atoms with E-state index >= 15 is 0 Å². The van der Waals surface area contributed by atoms with Crippen LogP contribution in [0, 0.1) is 0 Å². The largest absolute Gasteiger partial charge is 0.464 e. The number of ether oxygens (including phenoxy) is 1. The number of thioether (sulfide) groups is 1. The zero-order valence-electron chi connectivity index (χ0n) is 18.6. The molecular formula is C24H22N4O4S2. The van der Waals surface area contributed by atoms with Crippen molar-refractivity contribution in [2.45, 2.75) is 11.7 Å². The third-order valence-electron chi connectivity index (χ3n) is 4.98. The maximum atomic E-state index is 13.2. The van der Waals surface area contributed by atoms with Crippen LogP contribution in [0.1, 0.15) is 10.5 Å². The van der Waals surface area contributed by atoms with Gasteiger partial charge in [0.2, 0.25) is 5.91 Å². The van der Waals surface area contributed by atoms with E-state index in [1.807, 2.05) is 36.4 Å². The first kappa shape index (κ1) is 23.5. The summed E-state index contributed by atoms with van der Waals surface area (Å²) in [6, 6.07) is 13.3. The van der Waals surface area contributed by atoms with Gasteiger partial charge in [-0.3, -0.25) is 14.2 Å². The fourth-order valence-corrected chi connectivity index (χ4v) is 5.26. The van der Waals surface area contributed by atoms with Crippen molar-refractivity contribution in [3.8, 4) is 10.4 Å². The fourth-order valence-electron chi connectivity index (χ4n) is 3.40. The fraction of sp³-hybridized carbons (Fsp3) is 0.167. The van der Waals surface area contributed by atoms with Gasteiger partial charge in [-0.1, -0.05) is 48.2 Å².